The zero-order chi connectivity index (χ0) is 13.1. The third-order valence-corrected chi connectivity index (χ3v) is 3.12. The second-order valence-corrected chi connectivity index (χ2v) is 4.92. The van der Waals surface area contributed by atoms with E-state index in [1.807, 2.05) is 6.07 Å². The molecule has 18 heavy (non-hydrogen) atoms. The lowest BCUT2D eigenvalue weighted by atomic mass is 10.1. The van der Waals surface area contributed by atoms with E-state index in [1.165, 1.54) is 7.11 Å². The minimum Gasteiger partial charge on any atom is -0.494 e. The van der Waals surface area contributed by atoms with E-state index in [0.717, 1.165) is 25.2 Å². The smallest absolute Gasteiger partial charge is 0.165 e. The lowest BCUT2D eigenvalue weighted by molar-refractivity contribution is -0.0705. The zero-order valence-corrected chi connectivity index (χ0v) is 11.1. The van der Waals surface area contributed by atoms with Gasteiger partial charge in [0.25, 0.3) is 0 Å². The Hall–Kier alpha value is -1.13. The molecule has 0 radical (unpaired) electrons. The van der Waals surface area contributed by atoms with E-state index in [2.05, 4.69) is 18.7 Å². The SMILES string of the molecule is COc1ccc(CN2C[C@@H](C)O[C@H](C)C2)cc1F. The largest absolute Gasteiger partial charge is 0.494 e. The monoisotopic (exact) mass is 253 g/mol. The number of rotatable bonds is 3. The summed E-state index contributed by atoms with van der Waals surface area (Å²) < 4.78 is 24.2. The zero-order valence-electron chi connectivity index (χ0n) is 11.1. The summed E-state index contributed by atoms with van der Waals surface area (Å²) in [6.07, 6.45) is 0.466. The Morgan fingerprint density at radius 3 is 2.56 bits per heavy atom. The summed E-state index contributed by atoms with van der Waals surface area (Å²) in [4.78, 5) is 2.29. The van der Waals surface area contributed by atoms with Gasteiger partial charge in [-0.3, -0.25) is 4.90 Å². The van der Waals surface area contributed by atoms with Crippen molar-refractivity contribution < 1.29 is 13.9 Å². The quantitative estimate of drug-likeness (QED) is 0.826. The number of ether oxygens (including phenoxy) is 2. The minimum atomic E-state index is -0.302. The second-order valence-electron chi connectivity index (χ2n) is 4.92. The fraction of sp³-hybridized carbons (Fsp3) is 0.571. The van der Waals surface area contributed by atoms with Gasteiger partial charge in [-0.25, -0.2) is 4.39 Å². The summed E-state index contributed by atoms with van der Waals surface area (Å²) in [5.74, 6) is -0.00757. The maximum atomic E-state index is 13.6. The van der Waals surface area contributed by atoms with Crippen molar-refractivity contribution in [1.82, 2.24) is 4.90 Å². The number of hydrogen-bond acceptors (Lipinski definition) is 3. The summed E-state index contributed by atoms with van der Waals surface area (Å²) in [5, 5.41) is 0. The molecule has 0 N–H and O–H groups in total. The average Bonchev–Trinajstić information content (AvgIpc) is 2.27. The van der Waals surface area contributed by atoms with Crippen LogP contribution in [0.25, 0.3) is 0 Å². The van der Waals surface area contributed by atoms with Crippen molar-refractivity contribution in [2.75, 3.05) is 20.2 Å². The van der Waals surface area contributed by atoms with Crippen molar-refractivity contribution in [2.45, 2.75) is 32.6 Å². The number of methoxy groups -OCH3 is 1. The van der Waals surface area contributed by atoms with Crippen molar-refractivity contribution in [2.24, 2.45) is 0 Å². The molecule has 0 aromatic heterocycles. The molecule has 1 aromatic rings. The third-order valence-electron chi connectivity index (χ3n) is 3.12. The van der Waals surface area contributed by atoms with Crippen LogP contribution in [0, 0.1) is 5.82 Å². The van der Waals surface area contributed by atoms with Gasteiger partial charge in [0.1, 0.15) is 0 Å². The highest BCUT2D eigenvalue weighted by Gasteiger charge is 2.22. The van der Waals surface area contributed by atoms with E-state index >= 15 is 0 Å². The topological polar surface area (TPSA) is 21.7 Å². The standard InChI is InChI=1S/C14H20FNO2/c1-10-7-16(8-11(2)18-10)9-12-4-5-14(17-3)13(15)6-12/h4-6,10-11H,7-9H2,1-3H3/t10-,11-/m1/s1. The highest BCUT2D eigenvalue weighted by molar-refractivity contribution is 5.29. The Kier molecular flexibility index (Phi) is 4.19. The average molecular weight is 253 g/mol. The van der Waals surface area contributed by atoms with E-state index in [4.69, 9.17) is 9.47 Å². The van der Waals surface area contributed by atoms with E-state index < -0.39 is 0 Å². The second kappa shape index (κ2) is 5.67. The van der Waals surface area contributed by atoms with Gasteiger partial charge in [-0.05, 0) is 31.5 Å². The molecule has 1 aromatic carbocycles. The van der Waals surface area contributed by atoms with Gasteiger partial charge in [0.2, 0.25) is 0 Å². The van der Waals surface area contributed by atoms with Gasteiger partial charge >= 0.3 is 0 Å². The van der Waals surface area contributed by atoms with Gasteiger partial charge in [-0.15, -0.1) is 0 Å². The molecule has 1 aliphatic rings. The van der Waals surface area contributed by atoms with Gasteiger partial charge in [-0.2, -0.15) is 0 Å². The van der Waals surface area contributed by atoms with Crippen LogP contribution in [0.5, 0.6) is 5.75 Å². The molecule has 1 fully saturated rings. The summed E-state index contributed by atoms with van der Waals surface area (Å²) in [6, 6.07) is 5.13. The lowest BCUT2D eigenvalue weighted by Gasteiger charge is -2.35. The van der Waals surface area contributed by atoms with Crippen LogP contribution >= 0.6 is 0 Å². The van der Waals surface area contributed by atoms with E-state index in [9.17, 15) is 4.39 Å². The van der Waals surface area contributed by atoms with Crippen LogP contribution in [0.1, 0.15) is 19.4 Å². The fourth-order valence-corrected chi connectivity index (χ4v) is 2.48. The molecular weight excluding hydrogens is 233 g/mol. The molecule has 2 rings (SSSR count). The Labute approximate surface area is 107 Å². The van der Waals surface area contributed by atoms with Gasteiger partial charge in [0, 0.05) is 19.6 Å². The first kappa shape index (κ1) is 13.3. The molecule has 0 spiro atoms. The van der Waals surface area contributed by atoms with E-state index in [1.54, 1.807) is 12.1 Å². The molecule has 0 amide bonds. The van der Waals surface area contributed by atoms with Crippen molar-refractivity contribution in [3.63, 3.8) is 0 Å². The minimum absolute atomic E-state index is 0.233. The maximum Gasteiger partial charge on any atom is 0.165 e. The summed E-state index contributed by atoms with van der Waals surface area (Å²) >= 11 is 0. The third kappa shape index (κ3) is 3.21. The van der Waals surface area contributed by atoms with Crippen LogP contribution in [-0.2, 0) is 11.3 Å². The summed E-state index contributed by atoms with van der Waals surface area (Å²) in [6.45, 7) is 6.66. The van der Waals surface area contributed by atoms with Crippen molar-refractivity contribution in [3.05, 3.63) is 29.6 Å². The molecule has 4 heteroatoms. The number of nitrogens with zero attached hydrogens (tertiary/aromatic N) is 1. The Morgan fingerprint density at radius 1 is 1.33 bits per heavy atom. The Morgan fingerprint density at radius 2 is 2.00 bits per heavy atom. The molecule has 0 saturated carbocycles. The predicted octanol–water partition coefficient (Wildman–Crippen LogP) is 2.44. The molecule has 0 bridgehead atoms. The van der Waals surface area contributed by atoms with Gasteiger partial charge in [0.05, 0.1) is 19.3 Å². The molecule has 3 nitrogen and oxygen atoms in total. The molecular formula is C14H20FNO2. The maximum absolute atomic E-state index is 13.6. The Balaban J connectivity index is 2.02. The molecule has 1 heterocycles. The molecule has 1 saturated heterocycles. The van der Waals surface area contributed by atoms with Gasteiger partial charge in [0.15, 0.2) is 11.6 Å². The lowest BCUT2D eigenvalue weighted by Crippen LogP contribution is -2.44. The first-order valence-corrected chi connectivity index (χ1v) is 6.28. The number of morpholine rings is 1. The van der Waals surface area contributed by atoms with Crippen LogP contribution in [0.4, 0.5) is 4.39 Å². The van der Waals surface area contributed by atoms with Gasteiger partial charge in [-0.1, -0.05) is 6.07 Å². The van der Waals surface area contributed by atoms with Crippen molar-refractivity contribution in [1.29, 1.82) is 0 Å². The van der Waals surface area contributed by atoms with Crippen LogP contribution in [0.2, 0.25) is 0 Å². The molecule has 2 atom stereocenters. The highest BCUT2D eigenvalue weighted by Crippen LogP contribution is 2.20. The summed E-state index contributed by atoms with van der Waals surface area (Å²) in [7, 11) is 1.48. The van der Waals surface area contributed by atoms with E-state index in [-0.39, 0.29) is 18.0 Å². The van der Waals surface area contributed by atoms with Crippen molar-refractivity contribution in [3.8, 4) is 5.75 Å². The molecule has 0 aliphatic carbocycles. The predicted molar refractivity (Wildman–Crippen MR) is 68.2 cm³/mol. The highest BCUT2D eigenvalue weighted by atomic mass is 19.1. The first-order chi connectivity index (χ1) is 8.58. The van der Waals surface area contributed by atoms with Crippen molar-refractivity contribution >= 4 is 0 Å². The van der Waals surface area contributed by atoms with Crippen LogP contribution in [0.15, 0.2) is 18.2 Å². The first-order valence-electron chi connectivity index (χ1n) is 6.28. The van der Waals surface area contributed by atoms with E-state index in [0.29, 0.717) is 5.75 Å². The Bertz CT molecular complexity index is 401. The number of halogens is 1. The number of hydrogen-bond donors (Lipinski definition) is 0. The number of benzene rings is 1. The van der Waals surface area contributed by atoms with Crippen LogP contribution < -0.4 is 4.74 Å². The normalized spacial score (nSPS) is 25.1. The van der Waals surface area contributed by atoms with Gasteiger partial charge < -0.3 is 9.47 Å². The molecule has 100 valence electrons. The fourth-order valence-electron chi connectivity index (χ4n) is 2.48. The molecule has 1 aliphatic heterocycles. The summed E-state index contributed by atoms with van der Waals surface area (Å²) in [5.41, 5.74) is 0.967. The van der Waals surface area contributed by atoms with Crippen LogP contribution in [0.3, 0.4) is 0 Å². The molecule has 0 unspecified atom stereocenters. The van der Waals surface area contributed by atoms with Crippen LogP contribution in [-0.4, -0.2) is 37.3 Å².